The number of hydrogen-bond acceptors (Lipinski definition) is 5. The van der Waals surface area contributed by atoms with E-state index in [0.717, 1.165) is 11.3 Å². The lowest BCUT2D eigenvalue weighted by Crippen LogP contribution is -2.37. The van der Waals surface area contributed by atoms with Gasteiger partial charge in [-0.25, -0.2) is 9.96 Å². The molecule has 2 amide bonds. The number of para-hydroxylation sites is 3. The molecule has 0 spiro atoms. The molecule has 2 saturated heterocycles. The molecule has 2 fully saturated rings. The molecular weight excluding hydrogens is 380 g/mol. The van der Waals surface area contributed by atoms with Crippen molar-refractivity contribution in [1.29, 1.82) is 0 Å². The Labute approximate surface area is 174 Å². The van der Waals surface area contributed by atoms with Crippen molar-refractivity contribution >= 4 is 23.2 Å². The van der Waals surface area contributed by atoms with Crippen LogP contribution < -0.4 is 14.7 Å². The predicted molar refractivity (Wildman–Crippen MR) is 112 cm³/mol. The number of hydrogen-bond donors (Lipinski definition) is 0. The first kappa shape index (κ1) is 18.4. The molecule has 2 aliphatic rings. The van der Waals surface area contributed by atoms with Gasteiger partial charge in [0.1, 0.15) is 11.7 Å². The minimum absolute atomic E-state index is 0.290. The highest BCUT2D eigenvalue weighted by atomic mass is 16.7. The van der Waals surface area contributed by atoms with Crippen molar-refractivity contribution in [2.75, 3.05) is 17.1 Å². The van der Waals surface area contributed by atoms with Gasteiger partial charge >= 0.3 is 0 Å². The van der Waals surface area contributed by atoms with Crippen LogP contribution >= 0.6 is 0 Å². The van der Waals surface area contributed by atoms with Crippen molar-refractivity contribution in [3.8, 4) is 5.75 Å². The fraction of sp³-hybridized carbons (Fsp3) is 0.167. The highest BCUT2D eigenvalue weighted by molar-refractivity contribution is 6.24. The standard InChI is InChI=1S/C24H20N2O4/c1-29-19-15-9-8-14-18(19)25-23(27)20-21(16-10-4-2-5-11-16)26(30-22(20)24(25)28)17-12-6-3-7-13-17/h2-15,20-22H,1H3/t20-,21+,22+/m1/s1. The Morgan fingerprint density at radius 2 is 1.43 bits per heavy atom. The lowest BCUT2D eigenvalue weighted by atomic mass is 9.90. The molecule has 150 valence electrons. The van der Waals surface area contributed by atoms with Crippen LogP contribution in [0.4, 0.5) is 11.4 Å². The zero-order chi connectivity index (χ0) is 20.7. The molecule has 0 aromatic heterocycles. The van der Waals surface area contributed by atoms with E-state index in [9.17, 15) is 9.59 Å². The first-order chi connectivity index (χ1) is 14.7. The van der Waals surface area contributed by atoms with Crippen molar-refractivity contribution < 1.29 is 19.2 Å². The second kappa shape index (κ2) is 7.31. The van der Waals surface area contributed by atoms with Crippen molar-refractivity contribution in [2.24, 2.45) is 5.92 Å². The van der Waals surface area contributed by atoms with E-state index < -0.39 is 18.1 Å². The third-order valence-corrected chi connectivity index (χ3v) is 5.59. The van der Waals surface area contributed by atoms with E-state index in [1.807, 2.05) is 60.7 Å². The predicted octanol–water partition coefficient (Wildman–Crippen LogP) is 3.75. The Morgan fingerprint density at radius 3 is 2.13 bits per heavy atom. The topological polar surface area (TPSA) is 59.1 Å². The van der Waals surface area contributed by atoms with Crippen molar-refractivity contribution in [1.82, 2.24) is 0 Å². The average Bonchev–Trinajstić information content (AvgIpc) is 3.31. The van der Waals surface area contributed by atoms with Gasteiger partial charge in [0.15, 0.2) is 6.10 Å². The number of carbonyl (C=O) groups excluding carboxylic acids is 2. The number of anilines is 2. The summed E-state index contributed by atoms with van der Waals surface area (Å²) in [7, 11) is 1.52. The van der Waals surface area contributed by atoms with Gasteiger partial charge in [-0.3, -0.25) is 14.4 Å². The van der Waals surface area contributed by atoms with Gasteiger partial charge in [-0.2, -0.15) is 0 Å². The number of hydroxylamine groups is 1. The van der Waals surface area contributed by atoms with Gasteiger partial charge in [-0.1, -0.05) is 60.7 Å². The number of amides is 2. The summed E-state index contributed by atoms with van der Waals surface area (Å²) in [6, 6.07) is 25.8. The molecule has 0 N–H and O–H groups in total. The Kier molecular flexibility index (Phi) is 4.48. The summed E-state index contributed by atoms with van der Waals surface area (Å²) in [5.41, 5.74) is 2.15. The van der Waals surface area contributed by atoms with Gasteiger partial charge < -0.3 is 4.74 Å². The van der Waals surface area contributed by atoms with Crippen LogP contribution in [0.3, 0.4) is 0 Å². The van der Waals surface area contributed by atoms with Gasteiger partial charge in [-0.05, 0) is 29.8 Å². The second-order valence-electron chi connectivity index (χ2n) is 7.25. The molecule has 6 heteroatoms. The molecule has 0 aliphatic carbocycles. The number of rotatable bonds is 4. The largest absolute Gasteiger partial charge is 0.495 e. The number of methoxy groups -OCH3 is 1. The van der Waals surface area contributed by atoms with Crippen LogP contribution in [0.5, 0.6) is 5.75 Å². The third kappa shape index (κ3) is 2.76. The number of ether oxygens (including phenoxy) is 1. The number of imide groups is 1. The zero-order valence-electron chi connectivity index (χ0n) is 16.3. The van der Waals surface area contributed by atoms with E-state index in [0.29, 0.717) is 11.4 Å². The summed E-state index contributed by atoms with van der Waals surface area (Å²) in [4.78, 5) is 34.2. The van der Waals surface area contributed by atoms with Crippen LogP contribution in [-0.4, -0.2) is 25.0 Å². The van der Waals surface area contributed by atoms with Gasteiger partial charge in [0, 0.05) is 0 Å². The van der Waals surface area contributed by atoms with Crippen LogP contribution in [0, 0.1) is 5.92 Å². The van der Waals surface area contributed by atoms with Crippen LogP contribution in [0.1, 0.15) is 11.6 Å². The maximum absolute atomic E-state index is 13.6. The molecule has 3 aromatic rings. The molecule has 2 heterocycles. The average molecular weight is 400 g/mol. The second-order valence-corrected chi connectivity index (χ2v) is 7.25. The van der Waals surface area contributed by atoms with Crippen molar-refractivity contribution in [2.45, 2.75) is 12.1 Å². The lowest BCUT2D eigenvalue weighted by molar-refractivity contribution is -0.126. The molecule has 30 heavy (non-hydrogen) atoms. The molecule has 0 radical (unpaired) electrons. The summed E-state index contributed by atoms with van der Waals surface area (Å²) in [5, 5.41) is 1.69. The Bertz CT molecular complexity index is 1090. The summed E-state index contributed by atoms with van der Waals surface area (Å²) < 4.78 is 5.38. The Morgan fingerprint density at radius 1 is 0.800 bits per heavy atom. The number of fused-ring (bicyclic) bond motifs is 1. The molecule has 2 aliphatic heterocycles. The van der Waals surface area contributed by atoms with Crippen LogP contribution in [-0.2, 0) is 14.4 Å². The summed E-state index contributed by atoms with van der Waals surface area (Å²) in [5.74, 6) is -0.865. The molecule has 0 unspecified atom stereocenters. The summed E-state index contributed by atoms with van der Waals surface area (Å²) >= 11 is 0. The van der Waals surface area contributed by atoms with Gasteiger partial charge in [0.2, 0.25) is 5.91 Å². The lowest BCUT2D eigenvalue weighted by Gasteiger charge is -2.29. The monoisotopic (exact) mass is 400 g/mol. The van der Waals surface area contributed by atoms with Crippen molar-refractivity contribution in [3.05, 3.63) is 90.5 Å². The molecule has 3 atom stereocenters. The molecule has 0 bridgehead atoms. The van der Waals surface area contributed by atoms with E-state index in [-0.39, 0.29) is 11.8 Å². The van der Waals surface area contributed by atoms with Gasteiger partial charge in [0.05, 0.1) is 24.5 Å². The summed E-state index contributed by atoms with van der Waals surface area (Å²) in [6.45, 7) is 0. The van der Waals surface area contributed by atoms with Gasteiger partial charge in [0.25, 0.3) is 5.91 Å². The van der Waals surface area contributed by atoms with Gasteiger partial charge in [-0.15, -0.1) is 0 Å². The number of nitrogens with zero attached hydrogens (tertiary/aromatic N) is 2. The van der Waals surface area contributed by atoms with Crippen LogP contribution in [0.2, 0.25) is 0 Å². The first-order valence-electron chi connectivity index (χ1n) is 9.77. The summed E-state index contributed by atoms with van der Waals surface area (Å²) in [6.07, 6.45) is -0.896. The molecule has 0 saturated carbocycles. The Balaban J connectivity index is 1.59. The quantitative estimate of drug-likeness (QED) is 0.625. The van der Waals surface area contributed by atoms with E-state index in [2.05, 4.69) is 0 Å². The third-order valence-electron chi connectivity index (χ3n) is 5.59. The molecular formula is C24H20N2O4. The molecule has 6 nitrogen and oxygen atoms in total. The first-order valence-corrected chi connectivity index (χ1v) is 9.77. The van der Waals surface area contributed by atoms with E-state index in [1.54, 1.807) is 29.3 Å². The molecule has 3 aromatic carbocycles. The van der Waals surface area contributed by atoms with Crippen LogP contribution in [0.15, 0.2) is 84.9 Å². The number of benzene rings is 3. The van der Waals surface area contributed by atoms with E-state index in [1.165, 1.54) is 12.0 Å². The fourth-order valence-corrected chi connectivity index (χ4v) is 4.25. The highest BCUT2D eigenvalue weighted by Gasteiger charge is 2.60. The highest BCUT2D eigenvalue weighted by Crippen LogP contribution is 2.48. The number of carbonyl (C=O) groups is 2. The van der Waals surface area contributed by atoms with E-state index >= 15 is 0 Å². The smallest absolute Gasteiger partial charge is 0.266 e. The molecule has 5 rings (SSSR count). The van der Waals surface area contributed by atoms with Crippen LogP contribution in [0.25, 0.3) is 0 Å². The fourth-order valence-electron chi connectivity index (χ4n) is 4.25. The minimum atomic E-state index is -0.896. The Hall–Kier alpha value is -3.64. The minimum Gasteiger partial charge on any atom is -0.495 e. The SMILES string of the molecule is COc1ccccc1N1C(=O)[C@H]2[C@H](ON(c3ccccc3)[C@H]2c2ccccc2)C1=O. The maximum Gasteiger partial charge on any atom is 0.266 e. The normalized spacial score (nSPS) is 23.0. The zero-order valence-corrected chi connectivity index (χ0v) is 16.3. The van der Waals surface area contributed by atoms with Crippen molar-refractivity contribution in [3.63, 3.8) is 0 Å². The van der Waals surface area contributed by atoms with E-state index in [4.69, 9.17) is 9.57 Å². The maximum atomic E-state index is 13.6.